The number of rotatable bonds is 4. The van der Waals surface area contributed by atoms with Gasteiger partial charge in [-0.3, -0.25) is 4.79 Å². The van der Waals surface area contributed by atoms with Gasteiger partial charge >= 0.3 is 0 Å². The zero-order valence-electron chi connectivity index (χ0n) is 13.6. The first-order valence-corrected chi connectivity index (χ1v) is 7.97. The third-order valence-corrected chi connectivity index (χ3v) is 4.10. The summed E-state index contributed by atoms with van der Waals surface area (Å²) < 4.78 is 10.6. The number of hydrogen-bond donors (Lipinski definition) is 3. The molecule has 0 amide bonds. The van der Waals surface area contributed by atoms with E-state index in [2.05, 4.69) is 0 Å². The fourth-order valence-corrected chi connectivity index (χ4v) is 2.56. The van der Waals surface area contributed by atoms with Crippen molar-refractivity contribution in [3.63, 3.8) is 0 Å². The molecule has 2 aromatic carbocycles. The maximum Gasteiger partial charge on any atom is 0.228 e. The van der Waals surface area contributed by atoms with Gasteiger partial charge in [-0.1, -0.05) is 0 Å². The summed E-state index contributed by atoms with van der Waals surface area (Å²) in [6.07, 6.45) is -5.03. The summed E-state index contributed by atoms with van der Waals surface area (Å²) in [5, 5.41) is 37.7. The molecule has 1 heterocycles. The van der Waals surface area contributed by atoms with Crippen LogP contribution in [-0.4, -0.2) is 52.3 Å². The number of ether oxygens (including phenoxy) is 2. The molecule has 0 bridgehead atoms. The monoisotopic (exact) mass is 355 g/mol. The molecular weight excluding hydrogens is 338 g/mol. The molecule has 0 spiro atoms. The van der Waals surface area contributed by atoms with Crippen LogP contribution < -0.4 is 4.74 Å². The maximum atomic E-state index is 12.4. The molecule has 0 radical (unpaired) electrons. The summed E-state index contributed by atoms with van der Waals surface area (Å²) in [5.41, 5.74) is 1.37. The molecule has 7 heteroatoms. The second-order valence-corrected chi connectivity index (χ2v) is 5.91. The molecule has 26 heavy (non-hydrogen) atoms. The standard InChI is InChI=1S/C19H17NO6/c20-9-11-1-3-12(4-2-11)16(22)13-5-7-14(8-6-13)26-19-18(24)17(23)15(21)10-25-19/h1-8,15,17-19,21,23-24H,10H2/t15-,17-,18-,19+/m1/s1. The van der Waals surface area contributed by atoms with E-state index in [1.54, 1.807) is 48.5 Å². The second kappa shape index (κ2) is 7.64. The molecule has 134 valence electrons. The van der Waals surface area contributed by atoms with Crippen LogP contribution in [0.3, 0.4) is 0 Å². The van der Waals surface area contributed by atoms with E-state index < -0.39 is 24.6 Å². The van der Waals surface area contributed by atoms with Crippen LogP contribution in [0.5, 0.6) is 5.75 Å². The molecular formula is C19H17NO6. The van der Waals surface area contributed by atoms with E-state index in [9.17, 15) is 20.1 Å². The lowest BCUT2D eigenvalue weighted by molar-refractivity contribution is -0.242. The minimum Gasteiger partial charge on any atom is -0.462 e. The van der Waals surface area contributed by atoms with Crippen molar-refractivity contribution in [1.29, 1.82) is 5.26 Å². The van der Waals surface area contributed by atoms with E-state index in [0.717, 1.165) is 0 Å². The van der Waals surface area contributed by atoms with Gasteiger partial charge in [0, 0.05) is 11.1 Å². The van der Waals surface area contributed by atoms with Crippen LogP contribution in [0.4, 0.5) is 0 Å². The zero-order valence-corrected chi connectivity index (χ0v) is 13.6. The second-order valence-electron chi connectivity index (χ2n) is 5.91. The Hall–Kier alpha value is -2.76. The summed E-state index contributed by atoms with van der Waals surface area (Å²) in [7, 11) is 0. The Morgan fingerprint density at radius 1 is 1.00 bits per heavy atom. The van der Waals surface area contributed by atoms with Crippen molar-refractivity contribution in [2.24, 2.45) is 0 Å². The molecule has 0 saturated carbocycles. The van der Waals surface area contributed by atoms with Gasteiger partial charge in [0.1, 0.15) is 24.1 Å². The zero-order chi connectivity index (χ0) is 18.7. The Morgan fingerprint density at radius 2 is 1.58 bits per heavy atom. The van der Waals surface area contributed by atoms with E-state index in [1.165, 1.54) is 0 Å². The quantitative estimate of drug-likeness (QED) is 0.687. The Balaban J connectivity index is 1.68. The number of nitrogens with zero attached hydrogens (tertiary/aromatic N) is 1. The molecule has 0 aliphatic carbocycles. The summed E-state index contributed by atoms with van der Waals surface area (Å²) in [6.45, 7) is -0.155. The van der Waals surface area contributed by atoms with Crippen LogP contribution in [0.25, 0.3) is 0 Å². The smallest absolute Gasteiger partial charge is 0.228 e. The Kier molecular flexibility index (Phi) is 5.30. The fourth-order valence-electron chi connectivity index (χ4n) is 2.56. The number of benzene rings is 2. The topological polar surface area (TPSA) is 120 Å². The molecule has 0 aromatic heterocycles. The van der Waals surface area contributed by atoms with E-state index in [1.807, 2.05) is 6.07 Å². The number of carbonyl (C=O) groups excluding carboxylic acids is 1. The van der Waals surface area contributed by atoms with Crippen LogP contribution in [0.15, 0.2) is 48.5 Å². The Morgan fingerprint density at radius 3 is 2.15 bits per heavy atom. The number of ketones is 1. The van der Waals surface area contributed by atoms with Gasteiger partial charge in [0.05, 0.1) is 18.2 Å². The highest BCUT2D eigenvalue weighted by Crippen LogP contribution is 2.22. The number of carbonyl (C=O) groups is 1. The Labute approximate surface area is 149 Å². The van der Waals surface area contributed by atoms with Gasteiger partial charge in [0.25, 0.3) is 0 Å². The minimum atomic E-state index is -1.39. The fraction of sp³-hybridized carbons (Fsp3) is 0.263. The summed E-state index contributed by atoms with van der Waals surface area (Å²) in [5.74, 6) is 0.141. The largest absolute Gasteiger partial charge is 0.462 e. The summed E-state index contributed by atoms with van der Waals surface area (Å²) in [6, 6.07) is 14.5. The van der Waals surface area contributed by atoms with Crippen molar-refractivity contribution in [2.45, 2.75) is 24.6 Å². The predicted octanol–water partition coefficient (Wildman–Crippen LogP) is 0.607. The van der Waals surface area contributed by atoms with Gasteiger partial charge in [0.2, 0.25) is 6.29 Å². The van der Waals surface area contributed by atoms with Crippen LogP contribution in [0.2, 0.25) is 0 Å². The molecule has 1 saturated heterocycles. The average molecular weight is 355 g/mol. The molecule has 2 aromatic rings. The van der Waals surface area contributed by atoms with Crippen LogP contribution in [0, 0.1) is 11.3 Å². The number of hydrogen-bond acceptors (Lipinski definition) is 7. The van der Waals surface area contributed by atoms with Crippen molar-refractivity contribution < 1.29 is 29.6 Å². The minimum absolute atomic E-state index is 0.155. The number of nitriles is 1. The van der Waals surface area contributed by atoms with E-state index in [0.29, 0.717) is 22.4 Å². The van der Waals surface area contributed by atoms with Crippen molar-refractivity contribution >= 4 is 5.78 Å². The first-order valence-electron chi connectivity index (χ1n) is 7.97. The van der Waals surface area contributed by atoms with Gasteiger partial charge < -0.3 is 24.8 Å². The molecule has 0 unspecified atom stereocenters. The average Bonchev–Trinajstić information content (AvgIpc) is 2.68. The SMILES string of the molecule is N#Cc1ccc(C(=O)c2ccc(O[C@@H]3OC[C@@H](O)[C@@H](O)[C@H]3O)cc2)cc1. The van der Waals surface area contributed by atoms with Crippen molar-refractivity contribution in [2.75, 3.05) is 6.61 Å². The lowest BCUT2D eigenvalue weighted by Gasteiger charge is -2.34. The molecule has 3 N–H and O–H groups in total. The van der Waals surface area contributed by atoms with Crippen LogP contribution in [-0.2, 0) is 4.74 Å². The van der Waals surface area contributed by atoms with Gasteiger partial charge in [-0.05, 0) is 48.5 Å². The van der Waals surface area contributed by atoms with Gasteiger partial charge in [0.15, 0.2) is 5.78 Å². The van der Waals surface area contributed by atoms with E-state index >= 15 is 0 Å². The third kappa shape index (κ3) is 3.74. The summed E-state index contributed by atoms with van der Waals surface area (Å²) >= 11 is 0. The molecule has 4 atom stereocenters. The lowest BCUT2D eigenvalue weighted by atomic mass is 10.0. The molecule has 7 nitrogen and oxygen atoms in total. The van der Waals surface area contributed by atoms with Crippen molar-refractivity contribution in [3.8, 4) is 11.8 Å². The van der Waals surface area contributed by atoms with Crippen molar-refractivity contribution in [3.05, 3.63) is 65.2 Å². The highest BCUT2D eigenvalue weighted by Gasteiger charge is 2.38. The molecule has 1 fully saturated rings. The van der Waals surface area contributed by atoms with Gasteiger partial charge in [-0.2, -0.15) is 5.26 Å². The normalized spacial score (nSPS) is 25.3. The number of aliphatic hydroxyl groups excluding tert-OH is 3. The summed E-state index contributed by atoms with van der Waals surface area (Å²) in [4.78, 5) is 12.4. The third-order valence-electron chi connectivity index (χ3n) is 4.10. The highest BCUT2D eigenvalue weighted by atomic mass is 16.7. The number of aliphatic hydroxyl groups is 3. The molecule has 1 aliphatic rings. The van der Waals surface area contributed by atoms with Crippen LogP contribution >= 0.6 is 0 Å². The maximum absolute atomic E-state index is 12.4. The van der Waals surface area contributed by atoms with Crippen LogP contribution in [0.1, 0.15) is 21.5 Å². The first kappa shape index (κ1) is 18.0. The van der Waals surface area contributed by atoms with E-state index in [4.69, 9.17) is 14.7 Å². The van der Waals surface area contributed by atoms with E-state index in [-0.39, 0.29) is 12.4 Å². The first-order chi connectivity index (χ1) is 12.5. The Bertz CT molecular complexity index is 811. The molecule has 1 aliphatic heterocycles. The van der Waals surface area contributed by atoms with Crippen molar-refractivity contribution in [1.82, 2.24) is 0 Å². The molecule has 3 rings (SSSR count). The van der Waals surface area contributed by atoms with Gasteiger partial charge in [-0.15, -0.1) is 0 Å². The van der Waals surface area contributed by atoms with Gasteiger partial charge in [-0.25, -0.2) is 0 Å². The highest BCUT2D eigenvalue weighted by molar-refractivity contribution is 6.09. The predicted molar refractivity (Wildman–Crippen MR) is 89.4 cm³/mol. The lowest BCUT2D eigenvalue weighted by Crippen LogP contribution is -2.54.